The van der Waals surface area contributed by atoms with Crippen molar-refractivity contribution in [3.05, 3.63) is 27.7 Å². The standard InChI is InChI=1S/C11H9Cl3O4S/c12-7-3-4-8(19(14,16)17)10(13)9(7)11(15)18-5-6-1-2-6/h3-4,6H,1-2,5H2. The Bertz CT molecular complexity index is 623. The summed E-state index contributed by atoms with van der Waals surface area (Å²) in [4.78, 5) is 11.5. The van der Waals surface area contributed by atoms with E-state index in [4.69, 9.17) is 38.6 Å². The SMILES string of the molecule is O=C(OCC1CC1)c1c(Cl)ccc(S(=O)(=O)Cl)c1Cl. The summed E-state index contributed by atoms with van der Waals surface area (Å²) in [6, 6.07) is 2.39. The molecule has 0 aromatic heterocycles. The molecule has 0 saturated heterocycles. The maximum atomic E-state index is 11.9. The third-order valence-corrected chi connectivity index (χ3v) is 4.85. The third kappa shape index (κ3) is 3.54. The fourth-order valence-corrected chi connectivity index (χ4v) is 3.34. The molecule has 0 aliphatic heterocycles. The van der Waals surface area contributed by atoms with Gasteiger partial charge in [-0.3, -0.25) is 0 Å². The molecule has 8 heteroatoms. The minimum Gasteiger partial charge on any atom is -0.462 e. The van der Waals surface area contributed by atoms with Crippen molar-refractivity contribution in [3.8, 4) is 0 Å². The lowest BCUT2D eigenvalue weighted by Crippen LogP contribution is -2.10. The molecule has 2 rings (SSSR count). The first kappa shape index (κ1) is 14.9. The van der Waals surface area contributed by atoms with Gasteiger partial charge in [0.2, 0.25) is 0 Å². The van der Waals surface area contributed by atoms with Gasteiger partial charge in [-0.05, 0) is 30.9 Å². The van der Waals surface area contributed by atoms with Crippen LogP contribution in [0.3, 0.4) is 0 Å². The monoisotopic (exact) mass is 342 g/mol. The Balaban J connectivity index is 2.34. The van der Waals surface area contributed by atoms with Crippen LogP contribution in [0.4, 0.5) is 0 Å². The Morgan fingerprint density at radius 2 is 1.95 bits per heavy atom. The molecule has 1 fully saturated rings. The first-order chi connectivity index (χ1) is 8.80. The lowest BCUT2D eigenvalue weighted by atomic mass is 10.2. The number of hydrogen-bond donors (Lipinski definition) is 0. The van der Waals surface area contributed by atoms with E-state index in [9.17, 15) is 13.2 Å². The Morgan fingerprint density at radius 3 is 2.47 bits per heavy atom. The average Bonchev–Trinajstić information content (AvgIpc) is 3.08. The smallest absolute Gasteiger partial charge is 0.341 e. The van der Waals surface area contributed by atoms with Crippen LogP contribution in [0.1, 0.15) is 23.2 Å². The van der Waals surface area contributed by atoms with Gasteiger partial charge in [-0.1, -0.05) is 23.2 Å². The summed E-state index contributed by atoms with van der Waals surface area (Å²) in [6.07, 6.45) is 2.04. The number of hydrogen-bond acceptors (Lipinski definition) is 4. The number of benzene rings is 1. The van der Waals surface area contributed by atoms with Crippen molar-refractivity contribution < 1.29 is 17.9 Å². The topological polar surface area (TPSA) is 60.4 Å². The predicted molar refractivity (Wildman–Crippen MR) is 72.5 cm³/mol. The maximum Gasteiger partial charge on any atom is 0.341 e. The maximum absolute atomic E-state index is 11.9. The van der Waals surface area contributed by atoms with Gasteiger partial charge in [0.25, 0.3) is 9.05 Å². The van der Waals surface area contributed by atoms with Crippen LogP contribution in [-0.4, -0.2) is 21.0 Å². The molecule has 0 amide bonds. The Morgan fingerprint density at radius 1 is 1.32 bits per heavy atom. The van der Waals surface area contributed by atoms with Crippen LogP contribution < -0.4 is 0 Å². The lowest BCUT2D eigenvalue weighted by Gasteiger charge is -2.09. The van der Waals surface area contributed by atoms with E-state index in [1.54, 1.807) is 0 Å². The number of halogens is 3. The van der Waals surface area contributed by atoms with Crippen LogP contribution >= 0.6 is 33.9 Å². The van der Waals surface area contributed by atoms with Gasteiger partial charge >= 0.3 is 5.97 Å². The molecule has 0 heterocycles. The van der Waals surface area contributed by atoms with Crippen LogP contribution in [0.25, 0.3) is 0 Å². The summed E-state index contributed by atoms with van der Waals surface area (Å²) < 4.78 is 27.6. The van der Waals surface area contributed by atoms with Crippen LogP contribution in [-0.2, 0) is 13.8 Å². The molecular weight excluding hydrogens is 335 g/mol. The molecule has 4 nitrogen and oxygen atoms in total. The van der Waals surface area contributed by atoms with Gasteiger partial charge in [-0.15, -0.1) is 0 Å². The first-order valence-electron chi connectivity index (χ1n) is 5.40. The summed E-state index contributed by atoms with van der Waals surface area (Å²) >= 11 is 11.7. The summed E-state index contributed by atoms with van der Waals surface area (Å²) in [6.45, 7) is 0.281. The normalized spacial score (nSPS) is 15.3. The van der Waals surface area contributed by atoms with Crippen molar-refractivity contribution >= 4 is 48.9 Å². The van der Waals surface area contributed by atoms with E-state index in [1.807, 2.05) is 0 Å². The molecule has 0 spiro atoms. The van der Waals surface area contributed by atoms with Crippen LogP contribution in [0, 0.1) is 5.92 Å². The highest BCUT2D eigenvalue weighted by molar-refractivity contribution is 8.13. The summed E-state index contributed by atoms with van der Waals surface area (Å²) in [5.41, 5.74) is -0.175. The summed E-state index contributed by atoms with van der Waals surface area (Å²) in [7, 11) is 1.17. The van der Waals surface area contributed by atoms with Crippen molar-refractivity contribution in [1.82, 2.24) is 0 Å². The zero-order valence-corrected chi connectivity index (χ0v) is 12.6. The fraction of sp³-hybridized carbons (Fsp3) is 0.364. The molecule has 0 atom stereocenters. The molecule has 1 aromatic carbocycles. The highest BCUT2D eigenvalue weighted by Gasteiger charge is 2.27. The quantitative estimate of drug-likeness (QED) is 0.620. The van der Waals surface area contributed by atoms with E-state index in [0.29, 0.717) is 5.92 Å². The van der Waals surface area contributed by atoms with Gasteiger partial charge in [0.05, 0.1) is 22.2 Å². The number of ether oxygens (including phenoxy) is 1. The average molecular weight is 344 g/mol. The largest absolute Gasteiger partial charge is 0.462 e. The minimum absolute atomic E-state index is 0.0230. The zero-order valence-electron chi connectivity index (χ0n) is 9.53. The van der Waals surface area contributed by atoms with E-state index >= 15 is 0 Å². The van der Waals surface area contributed by atoms with E-state index < -0.39 is 15.0 Å². The number of carbonyl (C=O) groups excluding carboxylic acids is 1. The summed E-state index contributed by atoms with van der Waals surface area (Å²) in [5.74, 6) is -0.370. The van der Waals surface area contributed by atoms with Crippen LogP contribution in [0.15, 0.2) is 17.0 Å². The van der Waals surface area contributed by atoms with E-state index in [0.717, 1.165) is 18.9 Å². The molecule has 0 unspecified atom stereocenters. The molecule has 1 saturated carbocycles. The molecule has 0 bridgehead atoms. The lowest BCUT2D eigenvalue weighted by molar-refractivity contribution is 0.0486. The Labute approximate surface area is 125 Å². The van der Waals surface area contributed by atoms with Gasteiger partial charge < -0.3 is 4.74 Å². The number of rotatable bonds is 4. The second kappa shape index (κ2) is 5.48. The Hall–Kier alpha value is -0.490. The zero-order chi connectivity index (χ0) is 14.2. The van der Waals surface area contributed by atoms with Crippen molar-refractivity contribution in [3.63, 3.8) is 0 Å². The van der Waals surface area contributed by atoms with Gasteiger partial charge in [-0.25, -0.2) is 13.2 Å². The molecular formula is C11H9Cl3O4S. The highest BCUT2D eigenvalue weighted by atomic mass is 35.7. The van der Waals surface area contributed by atoms with Crippen molar-refractivity contribution in [2.75, 3.05) is 6.61 Å². The van der Waals surface area contributed by atoms with E-state index in [1.165, 1.54) is 6.07 Å². The second-order valence-corrected chi connectivity index (χ2v) is 7.53. The van der Waals surface area contributed by atoms with Crippen LogP contribution in [0.2, 0.25) is 10.0 Å². The highest BCUT2D eigenvalue weighted by Crippen LogP contribution is 2.34. The fourth-order valence-electron chi connectivity index (χ4n) is 1.46. The van der Waals surface area contributed by atoms with Crippen molar-refractivity contribution in [2.24, 2.45) is 5.92 Å². The predicted octanol–water partition coefficient (Wildman–Crippen LogP) is 3.49. The summed E-state index contributed by atoms with van der Waals surface area (Å²) in [5, 5.41) is -0.293. The minimum atomic E-state index is -4.05. The van der Waals surface area contributed by atoms with Crippen LogP contribution in [0.5, 0.6) is 0 Å². The molecule has 1 aromatic rings. The number of esters is 1. The molecule has 1 aliphatic carbocycles. The first-order valence-corrected chi connectivity index (χ1v) is 8.47. The van der Waals surface area contributed by atoms with E-state index in [2.05, 4.69) is 0 Å². The molecule has 19 heavy (non-hydrogen) atoms. The van der Waals surface area contributed by atoms with Crippen molar-refractivity contribution in [1.29, 1.82) is 0 Å². The molecule has 0 N–H and O–H groups in total. The Kier molecular flexibility index (Phi) is 4.30. The van der Waals surface area contributed by atoms with Gasteiger partial charge in [0.15, 0.2) is 0 Å². The second-order valence-electron chi connectivity index (χ2n) is 4.21. The number of carbonyl (C=O) groups is 1. The van der Waals surface area contributed by atoms with E-state index in [-0.39, 0.29) is 27.1 Å². The van der Waals surface area contributed by atoms with Gasteiger partial charge in [0.1, 0.15) is 4.90 Å². The van der Waals surface area contributed by atoms with Gasteiger partial charge in [-0.2, -0.15) is 0 Å². The molecule has 1 aliphatic rings. The third-order valence-electron chi connectivity index (χ3n) is 2.67. The molecule has 104 valence electrons. The van der Waals surface area contributed by atoms with Gasteiger partial charge in [0, 0.05) is 10.7 Å². The molecule has 0 radical (unpaired) electrons. The van der Waals surface area contributed by atoms with Crippen molar-refractivity contribution in [2.45, 2.75) is 17.7 Å².